The minimum absolute atomic E-state index is 0.0259. The molecule has 3 aromatic rings. The van der Waals surface area contributed by atoms with Crippen molar-refractivity contribution in [3.05, 3.63) is 83.3 Å². The summed E-state index contributed by atoms with van der Waals surface area (Å²) < 4.78 is 54.5. The molecular formula is C27H26F3NO5. The maximum absolute atomic E-state index is 13.1. The molecule has 0 radical (unpaired) electrons. The van der Waals surface area contributed by atoms with E-state index in [0.717, 1.165) is 24.0 Å². The van der Waals surface area contributed by atoms with Gasteiger partial charge in [0.15, 0.2) is 0 Å². The van der Waals surface area contributed by atoms with E-state index in [9.17, 15) is 23.1 Å². The lowest BCUT2D eigenvalue weighted by Gasteiger charge is -2.25. The molecule has 0 bridgehead atoms. The van der Waals surface area contributed by atoms with E-state index in [1.165, 1.54) is 12.3 Å². The number of nitrogens with zero attached hydrogens (tertiary/aromatic N) is 1. The van der Waals surface area contributed by atoms with Crippen LogP contribution in [-0.2, 0) is 11.4 Å². The average Bonchev–Trinajstić information content (AvgIpc) is 3.45. The first-order valence-electron chi connectivity index (χ1n) is 11.5. The molecule has 0 saturated heterocycles. The summed E-state index contributed by atoms with van der Waals surface area (Å²) in [6.45, 7) is 4.04. The summed E-state index contributed by atoms with van der Waals surface area (Å²) in [6.07, 6.45) is 0.0379. The number of aliphatic carboxylic acids is 1. The van der Waals surface area contributed by atoms with Crippen LogP contribution < -0.4 is 9.47 Å². The van der Waals surface area contributed by atoms with E-state index in [1.54, 1.807) is 42.5 Å². The summed E-state index contributed by atoms with van der Waals surface area (Å²) in [7, 11) is 0. The molecule has 190 valence electrons. The Kier molecular flexibility index (Phi) is 7.10. The smallest absolute Gasteiger partial charge is 0.489 e. The Labute approximate surface area is 206 Å². The number of hydrogen-bond acceptors (Lipinski definition) is 5. The van der Waals surface area contributed by atoms with Gasteiger partial charge in [-0.2, -0.15) is 0 Å². The van der Waals surface area contributed by atoms with Crippen molar-refractivity contribution in [3.8, 4) is 11.5 Å². The highest BCUT2D eigenvalue weighted by molar-refractivity contribution is 5.76. The molecule has 0 amide bonds. The van der Waals surface area contributed by atoms with Gasteiger partial charge in [-0.15, -0.1) is 13.2 Å². The normalized spacial score (nSPS) is 15.9. The van der Waals surface area contributed by atoms with Gasteiger partial charge in [0.1, 0.15) is 24.4 Å². The molecule has 1 aliphatic carbocycles. The largest absolute Gasteiger partial charge is 0.573 e. The molecule has 0 unspecified atom stereocenters. The molecule has 1 heterocycles. The summed E-state index contributed by atoms with van der Waals surface area (Å²) in [5, 5.41) is 13.1. The van der Waals surface area contributed by atoms with Crippen LogP contribution >= 0.6 is 0 Å². The fourth-order valence-corrected chi connectivity index (χ4v) is 4.48. The Morgan fingerprint density at radius 1 is 1.17 bits per heavy atom. The molecule has 1 atom stereocenters. The molecule has 9 heteroatoms. The lowest BCUT2D eigenvalue weighted by atomic mass is 9.81. The molecule has 4 rings (SSSR count). The van der Waals surface area contributed by atoms with E-state index in [2.05, 4.69) is 9.89 Å². The molecule has 1 aromatic heterocycles. The van der Waals surface area contributed by atoms with Crippen molar-refractivity contribution in [2.45, 2.75) is 52.0 Å². The maximum Gasteiger partial charge on any atom is 0.573 e. The fourth-order valence-electron chi connectivity index (χ4n) is 4.48. The molecule has 0 aliphatic heterocycles. The maximum atomic E-state index is 13.1. The molecule has 0 spiro atoms. The zero-order valence-electron chi connectivity index (χ0n) is 19.8. The number of aromatic nitrogens is 1. The summed E-state index contributed by atoms with van der Waals surface area (Å²) in [6, 6.07) is 13.2. The van der Waals surface area contributed by atoms with E-state index in [4.69, 9.17) is 9.26 Å². The molecule has 6 nitrogen and oxygen atoms in total. The average molecular weight is 502 g/mol. The van der Waals surface area contributed by atoms with Crippen LogP contribution in [0.4, 0.5) is 13.2 Å². The SMILES string of the molecule is CC1(C)CCC=C1c1ccc(COc2ccc([C@H](CC(=O)O)c3ccon3)cc2)cc1OC(F)(F)F. The minimum Gasteiger partial charge on any atom is -0.489 e. The van der Waals surface area contributed by atoms with Gasteiger partial charge in [-0.25, -0.2) is 0 Å². The van der Waals surface area contributed by atoms with Gasteiger partial charge >= 0.3 is 12.3 Å². The summed E-state index contributed by atoms with van der Waals surface area (Å²) >= 11 is 0. The standard InChI is InChI=1S/C27H26F3NO5/c1-26(2)12-3-4-22(26)20-10-5-17(14-24(20)36-27(28,29)30)16-34-19-8-6-18(7-9-19)21(15-25(32)33)23-11-13-35-31-23/h4-11,13-14,21H,3,12,15-16H2,1-2H3,(H,32,33)/t21-/m0/s1. The second-order valence-corrected chi connectivity index (χ2v) is 9.35. The Morgan fingerprint density at radius 3 is 2.50 bits per heavy atom. The summed E-state index contributed by atoms with van der Waals surface area (Å²) in [5.41, 5.74) is 2.77. The zero-order valence-corrected chi connectivity index (χ0v) is 19.8. The number of rotatable bonds is 9. The van der Waals surface area contributed by atoms with Crippen molar-refractivity contribution < 1.29 is 37.1 Å². The predicted octanol–water partition coefficient (Wildman–Crippen LogP) is 6.96. The Morgan fingerprint density at radius 2 is 1.92 bits per heavy atom. The van der Waals surface area contributed by atoms with Crippen molar-refractivity contribution in [2.24, 2.45) is 5.41 Å². The molecule has 2 aromatic carbocycles. The molecule has 0 saturated carbocycles. The minimum atomic E-state index is -4.82. The van der Waals surface area contributed by atoms with E-state index in [-0.39, 0.29) is 24.2 Å². The van der Waals surface area contributed by atoms with Gasteiger partial charge in [0.2, 0.25) is 0 Å². The highest BCUT2D eigenvalue weighted by atomic mass is 19.4. The number of halogens is 3. The Bertz CT molecular complexity index is 1230. The second kappa shape index (κ2) is 10.1. The second-order valence-electron chi connectivity index (χ2n) is 9.35. The van der Waals surface area contributed by atoms with Gasteiger partial charge in [0.05, 0.1) is 12.1 Å². The number of alkyl halides is 3. The highest BCUT2D eigenvalue weighted by Gasteiger charge is 2.35. The fraction of sp³-hybridized carbons (Fsp3) is 0.333. The van der Waals surface area contributed by atoms with Crippen molar-refractivity contribution in [3.63, 3.8) is 0 Å². The summed E-state index contributed by atoms with van der Waals surface area (Å²) in [5.74, 6) is -1.22. The van der Waals surface area contributed by atoms with Crippen LogP contribution in [0.1, 0.15) is 61.4 Å². The zero-order chi connectivity index (χ0) is 25.9. The van der Waals surface area contributed by atoms with E-state index >= 15 is 0 Å². The lowest BCUT2D eigenvalue weighted by molar-refractivity contribution is -0.274. The quantitative estimate of drug-likeness (QED) is 0.341. The number of ether oxygens (including phenoxy) is 2. The number of carbonyl (C=O) groups is 1. The van der Waals surface area contributed by atoms with Crippen LogP contribution in [0.15, 0.2) is 65.4 Å². The first-order chi connectivity index (χ1) is 17.0. The topological polar surface area (TPSA) is 81.8 Å². The van der Waals surface area contributed by atoms with Crippen LogP contribution in [0.25, 0.3) is 5.57 Å². The molecule has 1 aliphatic rings. The van der Waals surface area contributed by atoms with Crippen LogP contribution in [-0.4, -0.2) is 22.6 Å². The van der Waals surface area contributed by atoms with Gasteiger partial charge in [-0.1, -0.05) is 49.3 Å². The van der Waals surface area contributed by atoms with Gasteiger partial charge in [0.25, 0.3) is 0 Å². The number of carboxylic acids is 1. The Balaban J connectivity index is 1.51. The molecule has 0 fully saturated rings. The van der Waals surface area contributed by atoms with E-state index in [0.29, 0.717) is 22.6 Å². The van der Waals surface area contributed by atoms with Gasteiger partial charge < -0.3 is 19.1 Å². The molecule has 36 heavy (non-hydrogen) atoms. The number of hydrogen-bond donors (Lipinski definition) is 1. The van der Waals surface area contributed by atoms with Crippen molar-refractivity contribution >= 4 is 11.5 Å². The number of carboxylic acid groups (broad SMARTS) is 1. The van der Waals surface area contributed by atoms with Crippen LogP contribution in [0.5, 0.6) is 11.5 Å². The predicted molar refractivity (Wildman–Crippen MR) is 125 cm³/mol. The lowest BCUT2D eigenvalue weighted by Crippen LogP contribution is -2.19. The number of allylic oxidation sites excluding steroid dienone is 2. The van der Waals surface area contributed by atoms with Crippen molar-refractivity contribution in [1.29, 1.82) is 0 Å². The first-order valence-corrected chi connectivity index (χ1v) is 11.5. The molecule has 1 N–H and O–H groups in total. The third-order valence-corrected chi connectivity index (χ3v) is 6.29. The van der Waals surface area contributed by atoms with Gasteiger partial charge in [-0.05, 0) is 53.2 Å². The summed E-state index contributed by atoms with van der Waals surface area (Å²) in [4.78, 5) is 11.3. The third kappa shape index (κ3) is 6.08. The Hall–Kier alpha value is -3.75. The van der Waals surface area contributed by atoms with Crippen LogP contribution in [0.2, 0.25) is 0 Å². The monoisotopic (exact) mass is 501 g/mol. The van der Waals surface area contributed by atoms with Gasteiger partial charge in [0, 0.05) is 17.5 Å². The van der Waals surface area contributed by atoms with Crippen molar-refractivity contribution in [1.82, 2.24) is 5.16 Å². The molecular weight excluding hydrogens is 475 g/mol. The van der Waals surface area contributed by atoms with Crippen LogP contribution in [0.3, 0.4) is 0 Å². The van der Waals surface area contributed by atoms with Crippen LogP contribution in [0, 0.1) is 5.41 Å². The van der Waals surface area contributed by atoms with Gasteiger partial charge in [-0.3, -0.25) is 4.79 Å². The van der Waals surface area contributed by atoms with Crippen molar-refractivity contribution in [2.75, 3.05) is 0 Å². The highest BCUT2D eigenvalue weighted by Crippen LogP contribution is 2.47. The third-order valence-electron chi connectivity index (χ3n) is 6.29. The number of benzene rings is 2. The first kappa shape index (κ1) is 25.3. The van der Waals surface area contributed by atoms with E-state index < -0.39 is 18.2 Å². The van der Waals surface area contributed by atoms with E-state index in [1.807, 2.05) is 19.9 Å².